The topological polar surface area (TPSA) is 194 Å². The maximum atomic E-state index is 16.2. The van der Waals surface area contributed by atoms with Crippen LogP contribution in [0, 0.1) is 23.6 Å². The predicted molar refractivity (Wildman–Crippen MR) is 143 cm³/mol. The number of nitrogens with two attached hydrogens (primary N) is 1. The number of fused-ring (bicyclic) bond motifs is 4. The standard InChI is InChI=1S/C28H33FN4O8/c1-9(2)19-27(40)31-18-12(8-33(19)5)17(29)11-6-10-7-13-20(32(3)4)23(36)16(26(30)39)25(38)28(13,41)24(37)14(10)21(34)15(11)22(18)35/h9-10,13,19-20,34-35,38,41H,6-8H2,1-5H3,(H2,30,39)(H,31,40)/t10-,13-,19+,20-,28-/m0/s1. The molecule has 1 saturated carbocycles. The Bertz CT molecular complexity index is 1500. The van der Waals surface area contributed by atoms with Crippen LogP contribution in [0.15, 0.2) is 16.9 Å². The number of aliphatic hydroxyl groups is 3. The molecule has 3 aliphatic carbocycles. The average Bonchev–Trinajstić information content (AvgIpc) is 2.99. The van der Waals surface area contributed by atoms with Gasteiger partial charge in [-0.2, -0.15) is 0 Å². The fraction of sp³-hybridized carbons (Fsp3) is 0.500. The third kappa shape index (κ3) is 3.75. The van der Waals surface area contributed by atoms with E-state index >= 15 is 4.39 Å². The van der Waals surface area contributed by atoms with Gasteiger partial charge in [-0.1, -0.05) is 13.8 Å². The van der Waals surface area contributed by atoms with Gasteiger partial charge < -0.3 is 31.5 Å². The number of Topliss-reactive ketones (excluding diaryl/α,β-unsaturated/α-hetero) is 2. The first kappa shape index (κ1) is 28.7. The number of carbonyl (C=O) groups excluding carboxylic acids is 4. The molecule has 12 nitrogen and oxygen atoms in total. The van der Waals surface area contributed by atoms with Crippen LogP contribution in [0.25, 0.3) is 5.76 Å². The number of carbonyl (C=O) groups is 4. The molecule has 0 unspecified atom stereocenters. The summed E-state index contributed by atoms with van der Waals surface area (Å²) in [5, 5.41) is 47.9. The highest BCUT2D eigenvalue weighted by molar-refractivity contribution is 6.24. The Balaban J connectivity index is 1.72. The van der Waals surface area contributed by atoms with Crippen molar-refractivity contribution in [2.45, 2.75) is 50.9 Å². The lowest BCUT2D eigenvalue weighted by atomic mass is 9.57. The highest BCUT2D eigenvalue weighted by atomic mass is 19.1. The van der Waals surface area contributed by atoms with Crippen molar-refractivity contribution in [3.05, 3.63) is 39.4 Å². The third-order valence-electron chi connectivity index (χ3n) is 8.95. The number of amides is 2. The molecule has 0 radical (unpaired) electrons. The molecule has 1 aromatic rings. The molecule has 5 rings (SSSR count). The van der Waals surface area contributed by atoms with E-state index in [-0.39, 0.29) is 42.1 Å². The van der Waals surface area contributed by atoms with Gasteiger partial charge in [0.15, 0.2) is 17.1 Å². The number of halogens is 1. The van der Waals surface area contributed by atoms with Gasteiger partial charge in [0.25, 0.3) is 5.91 Å². The number of nitrogens with zero attached hydrogens (tertiary/aromatic N) is 2. The summed E-state index contributed by atoms with van der Waals surface area (Å²) < 4.78 is 16.2. The second-order valence-corrected chi connectivity index (χ2v) is 11.9. The van der Waals surface area contributed by atoms with Crippen LogP contribution in [0.3, 0.4) is 0 Å². The summed E-state index contributed by atoms with van der Waals surface area (Å²) in [5.74, 6) is -9.67. The molecular formula is C28H33FN4O8. The number of aromatic hydroxyl groups is 1. The normalized spacial score (nSPS) is 30.1. The molecule has 0 spiro atoms. The van der Waals surface area contributed by atoms with Crippen molar-refractivity contribution in [3.8, 4) is 5.75 Å². The van der Waals surface area contributed by atoms with E-state index in [2.05, 4.69) is 5.32 Å². The fourth-order valence-electron chi connectivity index (χ4n) is 7.23. The second kappa shape index (κ2) is 9.36. The molecule has 4 aliphatic rings. The Hall–Kier alpha value is -3.81. The average molecular weight is 573 g/mol. The SMILES string of the molecule is CC(C)[C@@H]1C(=O)Nc2c(O)c3c(c(F)c2CN1C)C[C@H]1C[C@H]2[C@H](N(C)C)C(=O)C(C(N)=O)=C(O)[C@@]2(O)C(=O)C1=C3O. The molecule has 0 aromatic heterocycles. The maximum Gasteiger partial charge on any atom is 0.255 e. The summed E-state index contributed by atoms with van der Waals surface area (Å²) >= 11 is 0. The number of nitrogens with one attached hydrogen (secondary N) is 1. The van der Waals surface area contributed by atoms with Gasteiger partial charge in [0.2, 0.25) is 11.7 Å². The molecule has 1 heterocycles. The first-order valence-corrected chi connectivity index (χ1v) is 13.3. The summed E-state index contributed by atoms with van der Waals surface area (Å²) in [6, 6.07) is -1.88. The Morgan fingerprint density at radius 1 is 1.17 bits per heavy atom. The summed E-state index contributed by atoms with van der Waals surface area (Å²) in [4.78, 5) is 55.3. The van der Waals surface area contributed by atoms with Crippen molar-refractivity contribution >= 4 is 34.8 Å². The van der Waals surface area contributed by atoms with Gasteiger partial charge in [0, 0.05) is 29.2 Å². The van der Waals surface area contributed by atoms with Crippen LogP contribution in [0.4, 0.5) is 10.1 Å². The fourth-order valence-corrected chi connectivity index (χ4v) is 7.23. The summed E-state index contributed by atoms with van der Waals surface area (Å²) in [5.41, 5.74) is 0.493. The number of primary amides is 1. The molecule has 220 valence electrons. The van der Waals surface area contributed by atoms with Crippen LogP contribution in [0.5, 0.6) is 5.75 Å². The van der Waals surface area contributed by atoms with E-state index < -0.39 is 92.7 Å². The molecule has 1 aliphatic heterocycles. The largest absolute Gasteiger partial charge is 0.508 e. The van der Waals surface area contributed by atoms with Gasteiger partial charge >= 0.3 is 0 Å². The predicted octanol–water partition coefficient (Wildman–Crippen LogP) is 0.512. The van der Waals surface area contributed by atoms with Crippen molar-refractivity contribution in [1.82, 2.24) is 9.80 Å². The van der Waals surface area contributed by atoms with Crippen LogP contribution in [0.1, 0.15) is 37.0 Å². The highest BCUT2D eigenvalue weighted by Gasteiger charge is 2.64. The number of phenolic OH excluding ortho intramolecular Hbond substituents is 1. The monoisotopic (exact) mass is 572 g/mol. The Morgan fingerprint density at radius 3 is 2.37 bits per heavy atom. The van der Waals surface area contributed by atoms with E-state index in [0.29, 0.717) is 0 Å². The summed E-state index contributed by atoms with van der Waals surface area (Å²) in [6.07, 6.45) is -0.346. The van der Waals surface area contributed by atoms with Gasteiger partial charge in [-0.25, -0.2) is 4.39 Å². The minimum absolute atomic E-state index is 0.0147. The number of anilines is 1. The molecule has 7 N–H and O–H groups in total. The zero-order valence-corrected chi connectivity index (χ0v) is 23.3. The van der Waals surface area contributed by atoms with E-state index in [1.807, 2.05) is 13.8 Å². The maximum absolute atomic E-state index is 16.2. The smallest absolute Gasteiger partial charge is 0.255 e. The Labute approximate surface area is 234 Å². The van der Waals surface area contributed by atoms with Gasteiger partial charge in [0.05, 0.1) is 23.3 Å². The van der Waals surface area contributed by atoms with Crippen molar-refractivity contribution in [1.29, 1.82) is 0 Å². The van der Waals surface area contributed by atoms with Crippen LogP contribution < -0.4 is 11.1 Å². The molecule has 41 heavy (non-hydrogen) atoms. The van der Waals surface area contributed by atoms with Crippen molar-refractivity contribution in [2.75, 3.05) is 26.5 Å². The van der Waals surface area contributed by atoms with Gasteiger partial charge in [-0.3, -0.25) is 29.0 Å². The minimum Gasteiger partial charge on any atom is -0.508 e. The van der Waals surface area contributed by atoms with Crippen molar-refractivity contribution in [3.63, 3.8) is 0 Å². The number of benzene rings is 1. The van der Waals surface area contributed by atoms with E-state index in [9.17, 15) is 39.6 Å². The van der Waals surface area contributed by atoms with E-state index in [1.54, 1.807) is 11.9 Å². The van der Waals surface area contributed by atoms with Gasteiger partial charge in [-0.15, -0.1) is 0 Å². The number of hydrogen-bond acceptors (Lipinski definition) is 10. The second-order valence-electron chi connectivity index (χ2n) is 11.9. The molecule has 1 fully saturated rings. The quantitative estimate of drug-likeness (QED) is 0.220. The molecular weight excluding hydrogens is 539 g/mol. The molecule has 0 bridgehead atoms. The first-order valence-electron chi connectivity index (χ1n) is 13.3. The van der Waals surface area contributed by atoms with Crippen LogP contribution in [-0.4, -0.2) is 92.4 Å². The number of ketones is 2. The lowest BCUT2D eigenvalue weighted by Gasteiger charge is -2.50. The minimum atomic E-state index is -2.80. The molecule has 2 amide bonds. The number of likely N-dealkylation sites (N-methyl/N-ethyl adjacent to an activating group) is 2. The third-order valence-corrected chi connectivity index (χ3v) is 8.95. The summed E-state index contributed by atoms with van der Waals surface area (Å²) in [7, 11) is 4.65. The zero-order valence-electron chi connectivity index (χ0n) is 23.3. The first-order chi connectivity index (χ1) is 19.0. The molecule has 5 atom stereocenters. The Kier molecular flexibility index (Phi) is 6.56. The highest BCUT2D eigenvalue weighted by Crippen LogP contribution is 2.54. The van der Waals surface area contributed by atoms with E-state index in [4.69, 9.17) is 5.73 Å². The van der Waals surface area contributed by atoms with Crippen molar-refractivity contribution in [2.24, 2.45) is 23.5 Å². The van der Waals surface area contributed by atoms with E-state index in [1.165, 1.54) is 19.0 Å². The summed E-state index contributed by atoms with van der Waals surface area (Å²) in [6.45, 7) is 3.63. The van der Waals surface area contributed by atoms with Gasteiger partial charge in [0.1, 0.15) is 22.9 Å². The number of hydrogen-bond donors (Lipinski definition) is 6. The number of rotatable bonds is 3. The number of aliphatic hydroxyl groups excluding tert-OH is 2. The lowest BCUT2D eigenvalue weighted by Crippen LogP contribution is -2.65. The zero-order chi connectivity index (χ0) is 30.5. The molecule has 1 aromatic carbocycles. The lowest BCUT2D eigenvalue weighted by molar-refractivity contribution is -0.153. The van der Waals surface area contributed by atoms with Crippen LogP contribution in [0.2, 0.25) is 0 Å². The van der Waals surface area contributed by atoms with Crippen LogP contribution in [-0.2, 0) is 32.1 Å². The number of phenols is 1. The van der Waals surface area contributed by atoms with Crippen molar-refractivity contribution < 1.29 is 44.0 Å². The van der Waals surface area contributed by atoms with E-state index in [0.717, 1.165) is 0 Å². The molecule has 13 heteroatoms. The van der Waals surface area contributed by atoms with Gasteiger partial charge in [-0.05, 0) is 45.8 Å². The molecule has 0 saturated heterocycles. The Morgan fingerprint density at radius 2 is 1.80 bits per heavy atom. The van der Waals surface area contributed by atoms with Crippen LogP contribution >= 0.6 is 0 Å².